The average Bonchev–Trinajstić information content (AvgIpc) is 2.32. The molecule has 1 N–H and O–H groups in total. The molecule has 0 atom stereocenters. The van der Waals surface area contributed by atoms with Crippen molar-refractivity contribution in [3.8, 4) is 0 Å². The number of fused-ring (bicyclic) bond motifs is 1. The van der Waals surface area contributed by atoms with Crippen molar-refractivity contribution in [2.45, 2.75) is 18.7 Å². The molecular weight excluding hydrogens is 238 g/mol. The van der Waals surface area contributed by atoms with Gasteiger partial charge in [-0.05, 0) is 25.0 Å². The van der Waals surface area contributed by atoms with Gasteiger partial charge in [-0.2, -0.15) is 0 Å². The molecule has 0 radical (unpaired) electrons. The molecule has 0 aliphatic carbocycles. The summed E-state index contributed by atoms with van der Waals surface area (Å²) < 4.78 is 0. The van der Waals surface area contributed by atoms with E-state index in [1.807, 2.05) is 26.0 Å². The van der Waals surface area contributed by atoms with Crippen LogP contribution < -0.4 is 4.90 Å². The minimum absolute atomic E-state index is 0.451. The number of nitrogens with zero attached hydrogens (tertiary/aromatic N) is 1. The molecule has 5 heteroatoms. The second-order valence-corrected chi connectivity index (χ2v) is 5.09. The van der Waals surface area contributed by atoms with Crippen LogP contribution in [0.15, 0.2) is 17.0 Å². The Bertz CT molecular complexity index is 499. The molecule has 17 heavy (non-hydrogen) atoms. The summed E-state index contributed by atoms with van der Waals surface area (Å²) in [6, 6.07) is 3.91. The second-order valence-electron chi connectivity index (χ2n) is 3.99. The normalized spacial score (nSPS) is 14.4. The van der Waals surface area contributed by atoms with E-state index in [2.05, 4.69) is 0 Å². The van der Waals surface area contributed by atoms with Gasteiger partial charge in [0.1, 0.15) is 0 Å². The lowest BCUT2D eigenvalue weighted by Gasteiger charge is -2.30. The van der Waals surface area contributed by atoms with Gasteiger partial charge in [0, 0.05) is 17.2 Å². The molecule has 0 spiro atoms. The molecule has 1 heterocycles. The maximum Gasteiger partial charge on any atom is 0.394 e. The van der Waals surface area contributed by atoms with Gasteiger partial charge in [0.05, 0.1) is 5.69 Å². The van der Waals surface area contributed by atoms with Gasteiger partial charge in [-0.3, -0.25) is 4.79 Å². The zero-order valence-electron chi connectivity index (χ0n) is 9.69. The van der Waals surface area contributed by atoms with Crippen LogP contribution in [0.25, 0.3) is 0 Å². The van der Waals surface area contributed by atoms with E-state index >= 15 is 0 Å². The highest BCUT2D eigenvalue weighted by molar-refractivity contribution is 7.99. The number of carboxylic acids is 1. The average molecular weight is 251 g/mol. The number of aryl methyl sites for hydroxylation is 2. The quantitative estimate of drug-likeness (QED) is 0.715. The van der Waals surface area contributed by atoms with Crippen LogP contribution in [0.2, 0.25) is 0 Å². The van der Waals surface area contributed by atoms with Crippen LogP contribution in [0.4, 0.5) is 5.69 Å². The first kappa shape index (κ1) is 12.0. The number of carbonyl (C=O) groups excluding carboxylic acids is 1. The lowest BCUT2D eigenvalue weighted by atomic mass is 10.1. The minimum Gasteiger partial charge on any atom is -0.474 e. The lowest BCUT2D eigenvalue weighted by Crippen LogP contribution is -2.40. The Morgan fingerprint density at radius 2 is 1.94 bits per heavy atom. The third kappa shape index (κ3) is 2.02. The number of hydrogen-bond donors (Lipinski definition) is 1. The van der Waals surface area contributed by atoms with E-state index in [0.717, 1.165) is 27.5 Å². The summed E-state index contributed by atoms with van der Waals surface area (Å²) in [5.74, 6) is -1.51. The molecule has 0 bridgehead atoms. The Labute approximate surface area is 104 Å². The molecule has 1 aliphatic heterocycles. The number of rotatable bonds is 0. The predicted molar refractivity (Wildman–Crippen MR) is 66.6 cm³/mol. The van der Waals surface area contributed by atoms with Gasteiger partial charge in [-0.25, -0.2) is 4.79 Å². The van der Waals surface area contributed by atoms with E-state index in [9.17, 15) is 9.59 Å². The first-order valence-electron chi connectivity index (χ1n) is 5.30. The number of aliphatic carboxylic acids is 1. The van der Waals surface area contributed by atoms with Crippen molar-refractivity contribution in [1.29, 1.82) is 0 Å². The predicted octanol–water partition coefficient (Wildman–Crippen LogP) is 1.83. The molecule has 1 aromatic rings. The van der Waals surface area contributed by atoms with E-state index in [4.69, 9.17) is 5.11 Å². The molecule has 1 aliphatic rings. The molecular formula is C12H13NO3S. The van der Waals surface area contributed by atoms with Gasteiger partial charge in [0.15, 0.2) is 0 Å². The van der Waals surface area contributed by atoms with Gasteiger partial charge in [0.2, 0.25) is 0 Å². The van der Waals surface area contributed by atoms with Crippen LogP contribution in [0, 0.1) is 13.8 Å². The topological polar surface area (TPSA) is 57.6 Å². The summed E-state index contributed by atoms with van der Waals surface area (Å²) in [5.41, 5.74) is 2.78. The van der Waals surface area contributed by atoms with E-state index < -0.39 is 11.9 Å². The van der Waals surface area contributed by atoms with E-state index in [-0.39, 0.29) is 0 Å². The standard InChI is InChI=1S/C12H13NO3S/c1-7-3-4-8(2)10-9(7)13(5-6-17-10)11(14)12(15)16/h3-4H,5-6H2,1-2H3,(H,15,16). The molecule has 1 amide bonds. The summed E-state index contributed by atoms with van der Waals surface area (Å²) >= 11 is 1.68. The molecule has 90 valence electrons. The Hall–Kier alpha value is -1.49. The summed E-state index contributed by atoms with van der Waals surface area (Å²) in [6.45, 7) is 4.32. The number of thioether (sulfide) groups is 1. The van der Waals surface area contributed by atoms with Gasteiger partial charge in [-0.15, -0.1) is 11.8 Å². The van der Waals surface area contributed by atoms with Gasteiger partial charge >= 0.3 is 11.9 Å². The zero-order valence-corrected chi connectivity index (χ0v) is 10.5. The third-order valence-electron chi connectivity index (χ3n) is 2.79. The van der Waals surface area contributed by atoms with Gasteiger partial charge < -0.3 is 10.0 Å². The number of carboxylic acid groups (broad SMARTS) is 1. The molecule has 1 aromatic carbocycles. The SMILES string of the molecule is Cc1ccc(C)c2c1SCCN2C(=O)C(=O)O. The number of amides is 1. The fourth-order valence-corrected chi connectivity index (χ4v) is 3.14. The van der Waals surface area contributed by atoms with Crippen molar-refractivity contribution in [3.05, 3.63) is 23.3 Å². The van der Waals surface area contributed by atoms with Crippen molar-refractivity contribution in [2.24, 2.45) is 0 Å². The van der Waals surface area contributed by atoms with E-state index in [1.54, 1.807) is 11.8 Å². The summed E-state index contributed by atoms with van der Waals surface area (Å²) in [5, 5.41) is 8.82. The fourth-order valence-electron chi connectivity index (χ4n) is 1.96. The van der Waals surface area contributed by atoms with Crippen LogP contribution >= 0.6 is 11.8 Å². The second kappa shape index (κ2) is 4.41. The highest BCUT2D eigenvalue weighted by atomic mass is 32.2. The Morgan fingerprint density at radius 1 is 1.29 bits per heavy atom. The molecule has 0 aromatic heterocycles. The number of anilines is 1. The van der Waals surface area contributed by atoms with Gasteiger partial charge in [0.25, 0.3) is 0 Å². The molecule has 2 rings (SSSR count). The van der Waals surface area contributed by atoms with Crippen LogP contribution in [0.5, 0.6) is 0 Å². The maximum absolute atomic E-state index is 11.6. The largest absolute Gasteiger partial charge is 0.474 e. The monoisotopic (exact) mass is 251 g/mol. The zero-order chi connectivity index (χ0) is 12.6. The maximum atomic E-state index is 11.6. The summed E-state index contributed by atoms with van der Waals surface area (Å²) in [7, 11) is 0. The lowest BCUT2D eigenvalue weighted by molar-refractivity contribution is -0.148. The number of benzene rings is 1. The van der Waals surface area contributed by atoms with Crippen LogP contribution in [0.3, 0.4) is 0 Å². The molecule has 0 unspecified atom stereocenters. The molecule has 4 nitrogen and oxygen atoms in total. The summed E-state index contributed by atoms with van der Waals surface area (Å²) in [4.78, 5) is 24.8. The van der Waals surface area contributed by atoms with Crippen molar-refractivity contribution >= 4 is 29.3 Å². The first-order chi connectivity index (χ1) is 8.02. The third-order valence-corrected chi connectivity index (χ3v) is 3.98. The number of hydrogen-bond acceptors (Lipinski definition) is 3. The van der Waals surface area contributed by atoms with E-state index in [1.165, 1.54) is 4.90 Å². The Morgan fingerprint density at radius 3 is 2.59 bits per heavy atom. The molecule has 0 fully saturated rings. The molecule has 0 saturated heterocycles. The van der Waals surface area contributed by atoms with Crippen LogP contribution in [-0.2, 0) is 9.59 Å². The highest BCUT2D eigenvalue weighted by Gasteiger charge is 2.29. The van der Waals surface area contributed by atoms with Crippen LogP contribution in [-0.4, -0.2) is 29.3 Å². The van der Waals surface area contributed by atoms with Gasteiger partial charge in [-0.1, -0.05) is 12.1 Å². The van der Waals surface area contributed by atoms with Crippen molar-refractivity contribution in [1.82, 2.24) is 0 Å². The highest BCUT2D eigenvalue weighted by Crippen LogP contribution is 2.39. The first-order valence-corrected chi connectivity index (χ1v) is 6.28. The summed E-state index contributed by atoms with van der Waals surface area (Å²) in [6.07, 6.45) is 0. The smallest absolute Gasteiger partial charge is 0.394 e. The molecule has 0 saturated carbocycles. The van der Waals surface area contributed by atoms with Crippen LogP contribution in [0.1, 0.15) is 11.1 Å². The minimum atomic E-state index is -1.40. The van der Waals surface area contributed by atoms with E-state index in [0.29, 0.717) is 6.54 Å². The van der Waals surface area contributed by atoms with Crippen molar-refractivity contribution in [2.75, 3.05) is 17.2 Å². The Kier molecular flexibility index (Phi) is 3.11. The fraction of sp³-hybridized carbons (Fsp3) is 0.333. The van der Waals surface area contributed by atoms with Crippen molar-refractivity contribution in [3.63, 3.8) is 0 Å². The van der Waals surface area contributed by atoms with Crippen molar-refractivity contribution < 1.29 is 14.7 Å². The number of carbonyl (C=O) groups is 2. The Balaban J connectivity index is 2.54.